The lowest BCUT2D eigenvalue weighted by Gasteiger charge is -2.16. The Morgan fingerprint density at radius 1 is 1.32 bits per heavy atom. The van der Waals surface area contributed by atoms with Crippen LogP contribution in [0.3, 0.4) is 0 Å². The van der Waals surface area contributed by atoms with Crippen LogP contribution in [0.1, 0.15) is 31.7 Å². The maximum absolute atomic E-state index is 13.0. The van der Waals surface area contributed by atoms with E-state index in [1.807, 2.05) is 6.20 Å². The van der Waals surface area contributed by atoms with E-state index in [4.69, 9.17) is 11.6 Å². The van der Waals surface area contributed by atoms with Crippen LogP contribution in [0, 0.1) is 5.82 Å². The molecule has 19 heavy (non-hydrogen) atoms. The molecule has 0 aliphatic heterocycles. The minimum absolute atomic E-state index is 0.338. The summed E-state index contributed by atoms with van der Waals surface area (Å²) in [5, 5.41) is 3.54. The van der Waals surface area contributed by atoms with Crippen molar-refractivity contribution in [1.29, 1.82) is 0 Å². The fraction of sp³-hybridized carbons (Fsp3) is 0.357. The molecule has 1 fully saturated rings. The van der Waals surface area contributed by atoms with Crippen molar-refractivity contribution >= 4 is 23.2 Å². The second kappa shape index (κ2) is 5.21. The molecule has 1 aliphatic carbocycles. The molecule has 100 valence electrons. The van der Waals surface area contributed by atoms with Crippen molar-refractivity contribution in [2.24, 2.45) is 0 Å². The summed E-state index contributed by atoms with van der Waals surface area (Å²) in [6.07, 6.45) is 8.65. The van der Waals surface area contributed by atoms with Gasteiger partial charge in [0.1, 0.15) is 5.82 Å². The smallest absolute Gasteiger partial charge is 0.207 e. The Kier molecular flexibility index (Phi) is 3.42. The third-order valence-electron chi connectivity index (χ3n) is 3.56. The second-order valence-electron chi connectivity index (χ2n) is 4.85. The maximum Gasteiger partial charge on any atom is 0.207 e. The predicted octanol–water partition coefficient (Wildman–Crippen LogP) is 4.53. The van der Waals surface area contributed by atoms with Gasteiger partial charge in [0.2, 0.25) is 5.95 Å². The van der Waals surface area contributed by atoms with Gasteiger partial charge in [-0.25, -0.2) is 9.37 Å². The third-order valence-corrected chi connectivity index (χ3v) is 3.88. The topological polar surface area (TPSA) is 29.9 Å². The van der Waals surface area contributed by atoms with Gasteiger partial charge in [-0.1, -0.05) is 24.4 Å². The van der Waals surface area contributed by atoms with Crippen molar-refractivity contribution in [1.82, 2.24) is 9.55 Å². The maximum atomic E-state index is 13.0. The zero-order valence-electron chi connectivity index (χ0n) is 10.4. The van der Waals surface area contributed by atoms with E-state index in [2.05, 4.69) is 14.9 Å². The van der Waals surface area contributed by atoms with Gasteiger partial charge in [-0.05, 0) is 31.0 Å². The lowest BCUT2D eigenvalue weighted by Crippen LogP contribution is -2.08. The van der Waals surface area contributed by atoms with E-state index in [9.17, 15) is 4.39 Å². The van der Waals surface area contributed by atoms with Crippen molar-refractivity contribution < 1.29 is 4.39 Å². The molecule has 0 bridgehead atoms. The van der Waals surface area contributed by atoms with Crippen molar-refractivity contribution in [2.75, 3.05) is 5.32 Å². The molecule has 1 saturated carbocycles. The van der Waals surface area contributed by atoms with E-state index in [-0.39, 0.29) is 5.82 Å². The lowest BCUT2D eigenvalue weighted by atomic mass is 10.2. The van der Waals surface area contributed by atoms with Crippen molar-refractivity contribution in [3.05, 3.63) is 41.4 Å². The number of benzene rings is 1. The van der Waals surface area contributed by atoms with E-state index in [1.165, 1.54) is 37.8 Å². The van der Waals surface area contributed by atoms with Crippen LogP contribution < -0.4 is 5.32 Å². The minimum Gasteiger partial charge on any atom is -0.324 e. The number of anilines is 2. The van der Waals surface area contributed by atoms with Gasteiger partial charge in [-0.15, -0.1) is 0 Å². The summed E-state index contributed by atoms with van der Waals surface area (Å²) in [5.74, 6) is 0.426. The van der Waals surface area contributed by atoms with Crippen molar-refractivity contribution in [3.8, 4) is 0 Å². The SMILES string of the molecule is Fc1ccc(Nc2nccn2C2CCCC2)c(Cl)c1. The Labute approximate surface area is 116 Å². The van der Waals surface area contributed by atoms with E-state index < -0.39 is 0 Å². The molecule has 1 aliphatic rings. The molecule has 2 aromatic rings. The van der Waals surface area contributed by atoms with Crippen LogP contribution in [0.5, 0.6) is 0 Å². The number of nitrogens with zero attached hydrogens (tertiary/aromatic N) is 2. The van der Waals surface area contributed by atoms with E-state index in [0.29, 0.717) is 16.8 Å². The summed E-state index contributed by atoms with van der Waals surface area (Å²) >= 11 is 6.02. The summed E-state index contributed by atoms with van der Waals surface area (Å²) in [6.45, 7) is 0. The van der Waals surface area contributed by atoms with E-state index >= 15 is 0 Å². The molecule has 0 saturated heterocycles. The quantitative estimate of drug-likeness (QED) is 0.894. The first-order valence-corrected chi connectivity index (χ1v) is 6.87. The van der Waals surface area contributed by atoms with Crippen molar-refractivity contribution in [3.63, 3.8) is 0 Å². The zero-order chi connectivity index (χ0) is 13.2. The molecular formula is C14H15ClFN3. The molecule has 0 spiro atoms. The van der Waals surface area contributed by atoms with Crippen LogP contribution in [-0.2, 0) is 0 Å². The Morgan fingerprint density at radius 2 is 2.11 bits per heavy atom. The molecule has 0 atom stereocenters. The summed E-state index contributed by atoms with van der Waals surface area (Å²) in [5.41, 5.74) is 0.675. The largest absolute Gasteiger partial charge is 0.324 e. The monoisotopic (exact) mass is 279 g/mol. The molecule has 0 amide bonds. The summed E-state index contributed by atoms with van der Waals surface area (Å²) in [7, 11) is 0. The Morgan fingerprint density at radius 3 is 2.84 bits per heavy atom. The van der Waals surface area contributed by atoms with Crippen LogP contribution in [0.2, 0.25) is 5.02 Å². The van der Waals surface area contributed by atoms with Gasteiger partial charge in [0.05, 0.1) is 10.7 Å². The molecule has 1 N–H and O–H groups in total. The standard InChI is InChI=1S/C14H15ClFN3/c15-12-9-10(16)5-6-13(12)18-14-17-7-8-19(14)11-3-1-2-4-11/h5-9,11H,1-4H2,(H,17,18). The molecule has 1 heterocycles. The average molecular weight is 280 g/mol. The molecule has 3 rings (SSSR count). The number of nitrogens with one attached hydrogen (secondary N) is 1. The normalized spacial score (nSPS) is 15.9. The zero-order valence-corrected chi connectivity index (χ0v) is 11.2. The fourth-order valence-electron chi connectivity index (χ4n) is 2.60. The highest BCUT2D eigenvalue weighted by atomic mass is 35.5. The first-order chi connectivity index (χ1) is 9.24. The summed E-state index contributed by atoms with van der Waals surface area (Å²) in [6, 6.07) is 4.82. The lowest BCUT2D eigenvalue weighted by molar-refractivity contribution is 0.525. The minimum atomic E-state index is -0.338. The number of imidazole rings is 1. The van der Waals surface area contributed by atoms with Crippen LogP contribution in [0.25, 0.3) is 0 Å². The molecule has 0 radical (unpaired) electrons. The van der Waals surface area contributed by atoms with Gasteiger partial charge in [-0.3, -0.25) is 0 Å². The van der Waals surface area contributed by atoms with Gasteiger partial charge in [-0.2, -0.15) is 0 Å². The molecular weight excluding hydrogens is 265 g/mol. The number of rotatable bonds is 3. The molecule has 5 heteroatoms. The predicted molar refractivity (Wildman–Crippen MR) is 74.4 cm³/mol. The van der Waals surface area contributed by atoms with Gasteiger partial charge >= 0.3 is 0 Å². The van der Waals surface area contributed by atoms with Gasteiger partial charge in [0, 0.05) is 18.4 Å². The average Bonchev–Trinajstić information content (AvgIpc) is 3.03. The van der Waals surface area contributed by atoms with E-state index in [0.717, 1.165) is 5.95 Å². The first-order valence-electron chi connectivity index (χ1n) is 6.49. The Hall–Kier alpha value is -1.55. The van der Waals surface area contributed by atoms with Crippen LogP contribution in [0.4, 0.5) is 16.0 Å². The Bertz CT molecular complexity index is 576. The molecule has 0 unspecified atom stereocenters. The molecule has 1 aromatic heterocycles. The molecule has 1 aromatic carbocycles. The highest BCUT2D eigenvalue weighted by Gasteiger charge is 2.19. The first kappa shape index (κ1) is 12.5. The van der Waals surface area contributed by atoms with Crippen LogP contribution >= 0.6 is 11.6 Å². The number of aromatic nitrogens is 2. The van der Waals surface area contributed by atoms with Crippen LogP contribution in [0.15, 0.2) is 30.6 Å². The fourth-order valence-corrected chi connectivity index (χ4v) is 2.81. The Balaban J connectivity index is 1.85. The van der Waals surface area contributed by atoms with Crippen LogP contribution in [-0.4, -0.2) is 9.55 Å². The van der Waals surface area contributed by atoms with Gasteiger partial charge < -0.3 is 9.88 Å². The number of hydrogen-bond donors (Lipinski definition) is 1. The van der Waals surface area contributed by atoms with E-state index in [1.54, 1.807) is 12.3 Å². The number of hydrogen-bond acceptors (Lipinski definition) is 2. The molecule has 3 nitrogen and oxygen atoms in total. The van der Waals surface area contributed by atoms with Gasteiger partial charge in [0.25, 0.3) is 0 Å². The summed E-state index contributed by atoms with van der Waals surface area (Å²) < 4.78 is 15.2. The number of halogens is 2. The third kappa shape index (κ3) is 2.59. The van der Waals surface area contributed by atoms with Crippen molar-refractivity contribution in [2.45, 2.75) is 31.7 Å². The second-order valence-corrected chi connectivity index (χ2v) is 5.25. The highest BCUT2D eigenvalue weighted by molar-refractivity contribution is 6.33. The highest BCUT2D eigenvalue weighted by Crippen LogP contribution is 2.33. The van der Waals surface area contributed by atoms with Gasteiger partial charge in [0.15, 0.2) is 0 Å². The summed E-state index contributed by atoms with van der Waals surface area (Å²) in [4.78, 5) is 4.32.